The highest BCUT2D eigenvalue weighted by molar-refractivity contribution is 5.36. The lowest BCUT2D eigenvalue weighted by Gasteiger charge is -2.16. The SMILES string of the molecule is CN(Cc1ccc(C#CCO)cc1)Cc1cccnc1. The smallest absolute Gasteiger partial charge is 0.104 e. The van der Waals surface area contributed by atoms with E-state index in [0.717, 1.165) is 18.7 Å². The van der Waals surface area contributed by atoms with Crippen molar-refractivity contribution in [3.63, 3.8) is 0 Å². The van der Waals surface area contributed by atoms with Crippen LogP contribution in [0.25, 0.3) is 0 Å². The molecule has 1 aromatic carbocycles. The van der Waals surface area contributed by atoms with E-state index in [1.165, 1.54) is 11.1 Å². The first kappa shape index (κ1) is 14.3. The lowest BCUT2D eigenvalue weighted by atomic mass is 10.1. The van der Waals surface area contributed by atoms with E-state index in [4.69, 9.17) is 5.11 Å². The van der Waals surface area contributed by atoms with Crippen molar-refractivity contribution in [3.8, 4) is 11.8 Å². The molecule has 0 saturated heterocycles. The largest absolute Gasteiger partial charge is 0.384 e. The summed E-state index contributed by atoms with van der Waals surface area (Å²) in [4.78, 5) is 6.36. The fourth-order valence-corrected chi connectivity index (χ4v) is 2.01. The number of nitrogens with zero attached hydrogens (tertiary/aromatic N) is 2. The van der Waals surface area contributed by atoms with E-state index in [9.17, 15) is 0 Å². The molecule has 20 heavy (non-hydrogen) atoms. The Morgan fingerprint density at radius 1 is 1.10 bits per heavy atom. The van der Waals surface area contributed by atoms with Gasteiger partial charge in [0.2, 0.25) is 0 Å². The molecule has 0 aliphatic rings. The van der Waals surface area contributed by atoms with Crippen LogP contribution in [0.15, 0.2) is 48.8 Å². The Labute approximate surface area is 119 Å². The molecule has 0 unspecified atom stereocenters. The zero-order valence-electron chi connectivity index (χ0n) is 11.6. The van der Waals surface area contributed by atoms with Crippen LogP contribution in [-0.4, -0.2) is 28.6 Å². The van der Waals surface area contributed by atoms with Crippen LogP contribution in [0.5, 0.6) is 0 Å². The molecule has 0 spiro atoms. The number of benzene rings is 1. The highest BCUT2D eigenvalue weighted by atomic mass is 16.2. The van der Waals surface area contributed by atoms with Crippen LogP contribution in [0, 0.1) is 11.8 Å². The van der Waals surface area contributed by atoms with Crippen LogP contribution in [0.4, 0.5) is 0 Å². The van der Waals surface area contributed by atoms with Gasteiger partial charge in [-0.2, -0.15) is 0 Å². The third-order valence-electron chi connectivity index (χ3n) is 2.89. The van der Waals surface area contributed by atoms with E-state index in [2.05, 4.69) is 47.0 Å². The van der Waals surface area contributed by atoms with Crippen molar-refractivity contribution in [2.45, 2.75) is 13.1 Å². The molecule has 1 aromatic heterocycles. The van der Waals surface area contributed by atoms with Crippen LogP contribution in [0.3, 0.4) is 0 Å². The monoisotopic (exact) mass is 266 g/mol. The van der Waals surface area contributed by atoms with Crippen molar-refractivity contribution in [1.29, 1.82) is 0 Å². The fourth-order valence-electron chi connectivity index (χ4n) is 2.01. The summed E-state index contributed by atoms with van der Waals surface area (Å²) in [5.74, 6) is 5.54. The number of hydrogen-bond acceptors (Lipinski definition) is 3. The van der Waals surface area contributed by atoms with Gasteiger partial charge >= 0.3 is 0 Å². The van der Waals surface area contributed by atoms with Crippen molar-refractivity contribution < 1.29 is 5.11 Å². The molecular weight excluding hydrogens is 248 g/mol. The van der Waals surface area contributed by atoms with Gasteiger partial charge in [-0.25, -0.2) is 0 Å². The minimum Gasteiger partial charge on any atom is -0.384 e. The summed E-state index contributed by atoms with van der Waals surface area (Å²) in [6.45, 7) is 1.65. The Bertz CT molecular complexity index is 582. The maximum atomic E-state index is 8.66. The quantitative estimate of drug-likeness (QED) is 0.861. The standard InChI is InChI=1S/C17H18N2O/c1-19(14-17-4-2-10-18-12-17)13-16-8-6-15(7-9-16)5-3-11-20/h2,4,6-10,12,20H,11,13-14H2,1H3. The fraction of sp³-hybridized carbons (Fsp3) is 0.235. The molecule has 0 atom stereocenters. The first-order valence-corrected chi connectivity index (χ1v) is 6.54. The van der Waals surface area contributed by atoms with Crippen LogP contribution >= 0.6 is 0 Å². The van der Waals surface area contributed by atoms with E-state index in [-0.39, 0.29) is 6.61 Å². The van der Waals surface area contributed by atoms with Crippen molar-refractivity contribution in [2.75, 3.05) is 13.7 Å². The normalized spacial score (nSPS) is 10.2. The van der Waals surface area contributed by atoms with Gasteiger partial charge in [-0.05, 0) is 36.4 Å². The summed E-state index contributed by atoms with van der Waals surface area (Å²) >= 11 is 0. The van der Waals surface area contributed by atoms with Crippen molar-refractivity contribution in [3.05, 3.63) is 65.5 Å². The minimum absolute atomic E-state index is 0.102. The summed E-state index contributed by atoms with van der Waals surface area (Å²) in [7, 11) is 2.09. The predicted octanol–water partition coefficient (Wildman–Crippen LogP) is 2.06. The van der Waals surface area contributed by atoms with Crippen LogP contribution in [0.2, 0.25) is 0 Å². The van der Waals surface area contributed by atoms with Crippen LogP contribution in [0.1, 0.15) is 16.7 Å². The van der Waals surface area contributed by atoms with E-state index in [1.807, 2.05) is 24.4 Å². The number of pyridine rings is 1. The molecule has 3 heteroatoms. The third kappa shape index (κ3) is 4.51. The molecule has 3 nitrogen and oxygen atoms in total. The van der Waals surface area contributed by atoms with Gasteiger partial charge in [0.1, 0.15) is 6.61 Å². The Balaban J connectivity index is 1.92. The summed E-state index contributed by atoms with van der Waals surface area (Å²) in [6, 6.07) is 12.1. The van der Waals surface area contributed by atoms with Crippen molar-refractivity contribution >= 4 is 0 Å². The number of hydrogen-bond donors (Lipinski definition) is 1. The molecule has 0 aliphatic heterocycles. The van der Waals surface area contributed by atoms with Gasteiger partial charge < -0.3 is 5.11 Å². The average Bonchev–Trinajstić information content (AvgIpc) is 2.47. The number of aliphatic hydroxyl groups is 1. The average molecular weight is 266 g/mol. The molecule has 102 valence electrons. The first-order valence-electron chi connectivity index (χ1n) is 6.54. The van der Waals surface area contributed by atoms with Crippen LogP contribution in [-0.2, 0) is 13.1 Å². The summed E-state index contributed by atoms with van der Waals surface area (Å²) < 4.78 is 0. The second kappa shape index (κ2) is 7.44. The Kier molecular flexibility index (Phi) is 5.31. The zero-order chi connectivity index (χ0) is 14.2. The van der Waals surface area contributed by atoms with E-state index in [0.29, 0.717) is 0 Å². The molecule has 0 fully saturated rings. The lowest BCUT2D eigenvalue weighted by molar-refractivity contribution is 0.318. The maximum absolute atomic E-state index is 8.66. The zero-order valence-corrected chi connectivity index (χ0v) is 11.6. The molecule has 0 bridgehead atoms. The summed E-state index contributed by atoms with van der Waals surface area (Å²) in [6.07, 6.45) is 3.68. The minimum atomic E-state index is -0.102. The highest BCUT2D eigenvalue weighted by Gasteiger charge is 2.01. The molecular formula is C17H18N2O. The maximum Gasteiger partial charge on any atom is 0.104 e. The van der Waals surface area contributed by atoms with Gasteiger partial charge in [0.25, 0.3) is 0 Å². The third-order valence-corrected chi connectivity index (χ3v) is 2.89. The van der Waals surface area contributed by atoms with Gasteiger partial charge in [-0.3, -0.25) is 9.88 Å². The molecule has 1 heterocycles. The molecule has 0 radical (unpaired) electrons. The molecule has 2 aromatic rings. The van der Waals surface area contributed by atoms with Gasteiger partial charge in [0, 0.05) is 31.0 Å². The van der Waals surface area contributed by atoms with Gasteiger partial charge in [0.15, 0.2) is 0 Å². The van der Waals surface area contributed by atoms with Gasteiger partial charge in [0.05, 0.1) is 0 Å². The van der Waals surface area contributed by atoms with Crippen molar-refractivity contribution in [1.82, 2.24) is 9.88 Å². The Hall–Kier alpha value is -2.15. The molecule has 0 aliphatic carbocycles. The topological polar surface area (TPSA) is 36.4 Å². The second-order valence-corrected chi connectivity index (χ2v) is 4.69. The molecule has 0 amide bonds. The highest BCUT2D eigenvalue weighted by Crippen LogP contribution is 2.08. The number of rotatable bonds is 4. The van der Waals surface area contributed by atoms with Gasteiger partial charge in [-0.1, -0.05) is 30.0 Å². The van der Waals surface area contributed by atoms with Gasteiger partial charge in [-0.15, -0.1) is 0 Å². The van der Waals surface area contributed by atoms with E-state index < -0.39 is 0 Å². The summed E-state index contributed by atoms with van der Waals surface area (Å²) in [5, 5.41) is 8.66. The van der Waals surface area contributed by atoms with Crippen molar-refractivity contribution in [2.24, 2.45) is 0 Å². The predicted molar refractivity (Wildman–Crippen MR) is 79.8 cm³/mol. The van der Waals surface area contributed by atoms with E-state index in [1.54, 1.807) is 6.20 Å². The Morgan fingerprint density at radius 3 is 2.50 bits per heavy atom. The Morgan fingerprint density at radius 2 is 1.85 bits per heavy atom. The lowest BCUT2D eigenvalue weighted by Crippen LogP contribution is -2.17. The number of aliphatic hydroxyl groups excluding tert-OH is 1. The summed E-state index contributed by atoms with van der Waals surface area (Å²) in [5.41, 5.74) is 3.38. The number of aromatic nitrogens is 1. The second-order valence-electron chi connectivity index (χ2n) is 4.69. The molecule has 2 rings (SSSR count). The van der Waals surface area contributed by atoms with E-state index >= 15 is 0 Å². The molecule has 1 N–H and O–H groups in total. The van der Waals surface area contributed by atoms with Crippen LogP contribution < -0.4 is 0 Å². The molecule has 0 saturated carbocycles. The first-order chi connectivity index (χ1) is 9.78.